The van der Waals surface area contributed by atoms with Crippen LogP contribution in [0.15, 0.2) is 27.2 Å². The summed E-state index contributed by atoms with van der Waals surface area (Å²) in [6, 6.07) is 8.02. The van der Waals surface area contributed by atoms with Gasteiger partial charge in [-0.25, -0.2) is 0 Å². The van der Waals surface area contributed by atoms with Crippen LogP contribution in [-0.4, -0.2) is 15.9 Å². The second-order valence-electron chi connectivity index (χ2n) is 3.65. The molecular weight excluding hydrogens is 314 g/mol. The predicted molar refractivity (Wildman–Crippen MR) is 73.9 cm³/mol. The van der Waals surface area contributed by atoms with Crippen molar-refractivity contribution in [1.82, 2.24) is 10.1 Å². The van der Waals surface area contributed by atoms with Crippen LogP contribution in [0.3, 0.4) is 0 Å². The minimum Gasteiger partial charge on any atom is -0.338 e. The Morgan fingerprint density at radius 2 is 2.33 bits per heavy atom. The van der Waals surface area contributed by atoms with Crippen molar-refractivity contribution in [2.45, 2.75) is 12.7 Å². The molecule has 0 aliphatic rings. The van der Waals surface area contributed by atoms with Gasteiger partial charge in [0.05, 0.1) is 17.6 Å². The number of hydrogen-bond donors (Lipinski definition) is 0. The van der Waals surface area contributed by atoms with E-state index in [2.05, 4.69) is 32.1 Å². The van der Waals surface area contributed by atoms with Crippen molar-refractivity contribution in [1.29, 1.82) is 5.26 Å². The Balaban J connectivity index is 2.16. The van der Waals surface area contributed by atoms with Gasteiger partial charge in [0.1, 0.15) is 0 Å². The molecule has 0 saturated heterocycles. The Labute approximate surface area is 118 Å². The van der Waals surface area contributed by atoms with E-state index in [0.29, 0.717) is 23.2 Å². The summed E-state index contributed by atoms with van der Waals surface area (Å²) in [5, 5.41) is 12.4. The predicted octanol–water partition coefficient (Wildman–Crippen LogP) is 3.56. The lowest BCUT2D eigenvalue weighted by Crippen LogP contribution is -1.85. The first-order valence-corrected chi connectivity index (χ1v) is 7.19. The SMILES string of the molecule is Cc1ccc(-c2noc(CSCC#N)n2)c(Br)c1. The maximum absolute atomic E-state index is 8.45. The van der Waals surface area contributed by atoms with E-state index < -0.39 is 0 Å². The highest BCUT2D eigenvalue weighted by molar-refractivity contribution is 9.10. The standard InChI is InChI=1S/C12H10BrN3OS/c1-8-2-3-9(10(13)6-8)12-15-11(17-16-12)7-18-5-4-14/h2-3,6H,5,7H2,1H3. The number of nitriles is 1. The number of benzene rings is 1. The van der Waals surface area contributed by atoms with Gasteiger partial charge in [-0.15, -0.1) is 11.8 Å². The van der Waals surface area contributed by atoms with E-state index in [1.807, 2.05) is 25.1 Å². The largest absolute Gasteiger partial charge is 0.338 e. The van der Waals surface area contributed by atoms with Crippen molar-refractivity contribution in [3.05, 3.63) is 34.1 Å². The van der Waals surface area contributed by atoms with E-state index in [1.54, 1.807) is 0 Å². The number of thioether (sulfide) groups is 1. The molecule has 0 fully saturated rings. The molecule has 6 heteroatoms. The molecule has 4 nitrogen and oxygen atoms in total. The molecule has 0 saturated carbocycles. The van der Waals surface area contributed by atoms with Gasteiger partial charge in [0, 0.05) is 10.0 Å². The zero-order chi connectivity index (χ0) is 13.0. The topological polar surface area (TPSA) is 62.7 Å². The normalized spacial score (nSPS) is 10.3. The number of rotatable bonds is 4. The molecule has 0 bridgehead atoms. The Bertz CT molecular complexity index is 591. The average molecular weight is 324 g/mol. The number of halogens is 1. The van der Waals surface area contributed by atoms with Crippen LogP contribution in [0.25, 0.3) is 11.4 Å². The van der Waals surface area contributed by atoms with Gasteiger partial charge in [0.15, 0.2) is 0 Å². The van der Waals surface area contributed by atoms with Crippen LogP contribution in [0.5, 0.6) is 0 Å². The first-order chi connectivity index (χ1) is 8.70. The van der Waals surface area contributed by atoms with Crippen LogP contribution in [0.1, 0.15) is 11.5 Å². The first kappa shape index (κ1) is 13.1. The van der Waals surface area contributed by atoms with Crippen molar-refractivity contribution < 1.29 is 4.52 Å². The molecule has 0 aliphatic heterocycles. The van der Waals surface area contributed by atoms with Gasteiger partial charge in [-0.3, -0.25) is 0 Å². The van der Waals surface area contributed by atoms with Crippen LogP contribution in [0.4, 0.5) is 0 Å². The van der Waals surface area contributed by atoms with Gasteiger partial charge >= 0.3 is 0 Å². The fraction of sp³-hybridized carbons (Fsp3) is 0.250. The molecule has 92 valence electrons. The van der Waals surface area contributed by atoms with E-state index in [0.717, 1.165) is 10.0 Å². The lowest BCUT2D eigenvalue weighted by Gasteiger charge is -1.99. The number of aryl methyl sites for hydroxylation is 1. The number of nitrogens with zero attached hydrogens (tertiary/aromatic N) is 3. The summed E-state index contributed by atoms with van der Waals surface area (Å²) in [5.41, 5.74) is 2.07. The van der Waals surface area contributed by atoms with Crippen molar-refractivity contribution in [3.8, 4) is 17.5 Å². The lowest BCUT2D eigenvalue weighted by atomic mass is 10.1. The number of hydrogen-bond acceptors (Lipinski definition) is 5. The van der Waals surface area contributed by atoms with E-state index in [1.165, 1.54) is 17.3 Å². The molecule has 1 aromatic heterocycles. The van der Waals surface area contributed by atoms with Crippen LogP contribution in [0, 0.1) is 18.3 Å². The Kier molecular flexibility index (Phi) is 4.39. The van der Waals surface area contributed by atoms with Crippen LogP contribution < -0.4 is 0 Å². The molecule has 0 aliphatic carbocycles. The second kappa shape index (κ2) is 6.03. The minimum absolute atomic E-state index is 0.423. The van der Waals surface area contributed by atoms with Gasteiger partial charge in [-0.1, -0.05) is 27.2 Å². The van der Waals surface area contributed by atoms with Gasteiger partial charge in [-0.05, 0) is 24.6 Å². The molecule has 0 atom stereocenters. The molecule has 0 N–H and O–H groups in total. The first-order valence-electron chi connectivity index (χ1n) is 5.24. The van der Waals surface area contributed by atoms with Crippen LogP contribution >= 0.6 is 27.7 Å². The molecule has 1 aromatic carbocycles. The third-order valence-corrected chi connectivity index (χ3v) is 3.67. The molecule has 2 aromatic rings. The zero-order valence-corrected chi connectivity index (χ0v) is 12.1. The molecule has 2 rings (SSSR count). The van der Waals surface area contributed by atoms with Crippen molar-refractivity contribution in [2.75, 3.05) is 5.75 Å². The minimum atomic E-state index is 0.423. The van der Waals surface area contributed by atoms with E-state index in [9.17, 15) is 0 Å². The highest BCUT2D eigenvalue weighted by atomic mass is 79.9. The van der Waals surface area contributed by atoms with Crippen molar-refractivity contribution in [3.63, 3.8) is 0 Å². The highest BCUT2D eigenvalue weighted by Crippen LogP contribution is 2.27. The fourth-order valence-corrected chi connectivity index (χ4v) is 2.56. The Morgan fingerprint density at radius 3 is 3.06 bits per heavy atom. The Morgan fingerprint density at radius 1 is 1.50 bits per heavy atom. The van der Waals surface area contributed by atoms with Gasteiger partial charge < -0.3 is 4.52 Å². The molecule has 0 radical (unpaired) electrons. The summed E-state index contributed by atoms with van der Waals surface area (Å²) in [6.45, 7) is 2.02. The number of aromatic nitrogens is 2. The summed E-state index contributed by atoms with van der Waals surface area (Å²) >= 11 is 4.94. The smallest absolute Gasteiger partial charge is 0.236 e. The van der Waals surface area contributed by atoms with Gasteiger partial charge in [0.2, 0.25) is 11.7 Å². The fourth-order valence-electron chi connectivity index (χ4n) is 1.41. The second-order valence-corrected chi connectivity index (χ2v) is 5.49. The van der Waals surface area contributed by atoms with Gasteiger partial charge in [0.25, 0.3) is 0 Å². The summed E-state index contributed by atoms with van der Waals surface area (Å²) < 4.78 is 6.08. The summed E-state index contributed by atoms with van der Waals surface area (Å²) in [6.07, 6.45) is 0. The van der Waals surface area contributed by atoms with Crippen LogP contribution in [0.2, 0.25) is 0 Å². The Hall–Kier alpha value is -1.32. The molecule has 0 amide bonds. The summed E-state index contributed by atoms with van der Waals surface area (Å²) in [7, 11) is 0. The van der Waals surface area contributed by atoms with Crippen LogP contribution in [-0.2, 0) is 5.75 Å². The zero-order valence-electron chi connectivity index (χ0n) is 9.68. The molecule has 0 spiro atoms. The highest BCUT2D eigenvalue weighted by Gasteiger charge is 2.11. The molecule has 18 heavy (non-hydrogen) atoms. The maximum atomic E-state index is 8.45. The summed E-state index contributed by atoms with van der Waals surface area (Å²) in [4.78, 5) is 4.30. The van der Waals surface area contributed by atoms with Gasteiger partial charge in [-0.2, -0.15) is 10.2 Å². The maximum Gasteiger partial charge on any atom is 0.236 e. The van der Waals surface area contributed by atoms with E-state index >= 15 is 0 Å². The molecule has 0 unspecified atom stereocenters. The monoisotopic (exact) mass is 323 g/mol. The average Bonchev–Trinajstić information content (AvgIpc) is 2.78. The van der Waals surface area contributed by atoms with Crippen molar-refractivity contribution >= 4 is 27.7 Å². The summed E-state index contributed by atoms with van der Waals surface area (Å²) in [5.74, 6) is 2.09. The van der Waals surface area contributed by atoms with E-state index in [4.69, 9.17) is 9.78 Å². The third kappa shape index (κ3) is 3.12. The van der Waals surface area contributed by atoms with Crippen molar-refractivity contribution in [2.24, 2.45) is 0 Å². The van der Waals surface area contributed by atoms with E-state index in [-0.39, 0.29) is 0 Å². The molecular formula is C12H10BrN3OS. The quantitative estimate of drug-likeness (QED) is 0.805. The third-order valence-electron chi connectivity index (χ3n) is 2.23. The molecule has 1 heterocycles. The lowest BCUT2D eigenvalue weighted by molar-refractivity contribution is 0.391.